The molecule has 2 aliphatic rings. The van der Waals surface area contributed by atoms with Crippen molar-refractivity contribution in [2.75, 3.05) is 4.90 Å². The first-order valence-corrected chi connectivity index (χ1v) is 10.8. The van der Waals surface area contributed by atoms with E-state index in [2.05, 4.69) is 10.2 Å². The molecule has 2 atom stereocenters. The van der Waals surface area contributed by atoms with Gasteiger partial charge in [0.05, 0.1) is 5.57 Å². The minimum Gasteiger partial charge on any atom is -0.507 e. The van der Waals surface area contributed by atoms with Crippen LogP contribution in [0.2, 0.25) is 0 Å². The molecule has 0 saturated carbocycles. The Morgan fingerprint density at radius 2 is 2.00 bits per heavy atom. The lowest BCUT2D eigenvalue weighted by molar-refractivity contribution is -0.132. The number of amides is 1. The Morgan fingerprint density at radius 1 is 1.22 bits per heavy atom. The van der Waals surface area contributed by atoms with Crippen LogP contribution in [0.3, 0.4) is 0 Å². The fourth-order valence-corrected chi connectivity index (χ4v) is 4.84. The molecule has 0 radical (unpaired) electrons. The van der Waals surface area contributed by atoms with Crippen LogP contribution >= 0.6 is 11.3 Å². The van der Waals surface area contributed by atoms with Crippen molar-refractivity contribution in [1.82, 2.24) is 10.2 Å². The van der Waals surface area contributed by atoms with Crippen molar-refractivity contribution in [3.63, 3.8) is 0 Å². The number of anilines is 1. The van der Waals surface area contributed by atoms with E-state index in [4.69, 9.17) is 4.74 Å². The van der Waals surface area contributed by atoms with Crippen LogP contribution in [0.1, 0.15) is 34.7 Å². The van der Waals surface area contributed by atoms with E-state index >= 15 is 0 Å². The van der Waals surface area contributed by atoms with Crippen molar-refractivity contribution < 1.29 is 23.8 Å². The number of carbonyl (C=O) groups excluding carboxylic acids is 2. The highest BCUT2D eigenvalue weighted by Crippen LogP contribution is 2.44. The lowest BCUT2D eigenvalue weighted by Gasteiger charge is -2.22. The van der Waals surface area contributed by atoms with Crippen molar-refractivity contribution >= 4 is 33.9 Å². The van der Waals surface area contributed by atoms with Gasteiger partial charge in [0.2, 0.25) is 5.13 Å². The highest BCUT2D eigenvalue weighted by Gasteiger charge is 2.49. The first-order chi connectivity index (χ1) is 15.3. The molecule has 1 saturated heterocycles. The van der Waals surface area contributed by atoms with Gasteiger partial charge in [0.1, 0.15) is 34.5 Å². The number of halogens is 1. The first kappa shape index (κ1) is 20.3. The molecule has 162 valence electrons. The topological polar surface area (TPSA) is 92.6 Å². The van der Waals surface area contributed by atoms with Crippen LogP contribution in [-0.2, 0) is 16.0 Å². The Morgan fingerprint density at radius 3 is 2.72 bits per heavy atom. The van der Waals surface area contributed by atoms with Gasteiger partial charge in [-0.1, -0.05) is 29.5 Å². The molecule has 0 spiro atoms. The quantitative estimate of drug-likeness (QED) is 0.368. The molecule has 0 aliphatic carbocycles. The van der Waals surface area contributed by atoms with Gasteiger partial charge in [-0.15, -0.1) is 10.2 Å². The summed E-state index contributed by atoms with van der Waals surface area (Å²) in [4.78, 5) is 27.2. The van der Waals surface area contributed by atoms with Gasteiger partial charge in [-0.25, -0.2) is 4.39 Å². The standard InChI is InChI=1S/C23H18FN3O4S/c1-11-9-14-10-13(7-8-17(14)31-11)20(28)18-19(15-5-3-4-6-16(15)24)27(22(30)21(18)29)23-26-25-12(2)32-23/h3-8,10-11,19,28H,9H2,1-2H3/b20-18+/t11-,19+/m0/s1. The second kappa shape index (κ2) is 7.52. The summed E-state index contributed by atoms with van der Waals surface area (Å²) in [5.41, 5.74) is 1.13. The zero-order valence-electron chi connectivity index (χ0n) is 17.2. The number of hydrogen-bond acceptors (Lipinski definition) is 7. The maximum atomic E-state index is 14.8. The SMILES string of the molecule is Cc1nnc(N2C(=O)C(=O)/C(=C(/O)c3ccc4c(c3)C[C@H](C)O4)[C@H]2c2ccccc2F)s1. The van der Waals surface area contributed by atoms with Gasteiger partial charge in [-0.2, -0.15) is 0 Å². The Kier molecular flexibility index (Phi) is 4.78. The number of aromatic nitrogens is 2. The van der Waals surface area contributed by atoms with Crippen molar-refractivity contribution in [3.05, 3.63) is 75.6 Å². The van der Waals surface area contributed by atoms with E-state index < -0.39 is 23.5 Å². The molecule has 1 aromatic heterocycles. The molecule has 1 fully saturated rings. The third kappa shape index (κ3) is 3.16. The van der Waals surface area contributed by atoms with Gasteiger partial charge < -0.3 is 9.84 Å². The molecule has 0 bridgehead atoms. The number of carbonyl (C=O) groups is 2. The van der Waals surface area contributed by atoms with Crippen LogP contribution in [0.25, 0.3) is 5.76 Å². The van der Waals surface area contributed by atoms with Crippen LogP contribution in [-0.4, -0.2) is 33.1 Å². The molecule has 2 aromatic carbocycles. The highest BCUT2D eigenvalue weighted by atomic mass is 32.1. The van der Waals surface area contributed by atoms with Crippen LogP contribution in [0, 0.1) is 12.7 Å². The summed E-state index contributed by atoms with van der Waals surface area (Å²) in [7, 11) is 0. The van der Waals surface area contributed by atoms with Crippen LogP contribution in [0.4, 0.5) is 9.52 Å². The summed E-state index contributed by atoms with van der Waals surface area (Å²) >= 11 is 1.11. The number of nitrogens with zero attached hydrogens (tertiary/aromatic N) is 3. The number of ether oxygens (including phenoxy) is 1. The van der Waals surface area contributed by atoms with Crippen molar-refractivity contribution in [2.24, 2.45) is 0 Å². The third-order valence-electron chi connectivity index (χ3n) is 5.54. The van der Waals surface area contributed by atoms with E-state index in [0.717, 1.165) is 21.8 Å². The van der Waals surface area contributed by atoms with E-state index in [-0.39, 0.29) is 28.1 Å². The van der Waals surface area contributed by atoms with E-state index in [1.807, 2.05) is 6.92 Å². The number of rotatable bonds is 3. The van der Waals surface area contributed by atoms with Gasteiger partial charge in [-0.3, -0.25) is 14.5 Å². The molecule has 3 heterocycles. The number of aliphatic hydroxyl groups is 1. The summed E-state index contributed by atoms with van der Waals surface area (Å²) in [6, 6.07) is 9.75. The Bertz CT molecular complexity index is 1300. The maximum Gasteiger partial charge on any atom is 0.301 e. The predicted molar refractivity (Wildman–Crippen MR) is 116 cm³/mol. The van der Waals surface area contributed by atoms with Crippen LogP contribution in [0.5, 0.6) is 5.75 Å². The highest BCUT2D eigenvalue weighted by molar-refractivity contribution is 7.15. The Balaban J connectivity index is 1.71. The third-order valence-corrected chi connectivity index (χ3v) is 6.37. The van der Waals surface area contributed by atoms with Crippen LogP contribution < -0.4 is 9.64 Å². The van der Waals surface area contributed by atoms with E-state index in [1.165, 1.54) is 18.2 Å². The lowest BCUT2D eigenvalue weighted by Crippen LogP contribution is -2.29. The zero-order chi connectivity index (χ0) is 22.6. The first-order valence-electron chi connectivity index (χ1n) is 10.0. The number of benzene rings is 2. The average molecular weight is 451 g/mol. The predicted octanol–water partition coefficient (Wildman–Crippen LogP) is 3.94. The zero-order valence-corrected chi connectivity index (χ0v) is 18.0. The fourth-order valence-electron chi connectivity index (χ4n) is 4.13. The van der Waals surface area contributed by atoms with Crippen LogP contribution in [0.15, 0.2) is 48.0 Å². The number of fused-ring (bicyclic) bond motifs is 1. The molecular weight excluding hydrogens is 433 g/mol. The summed E-state index contributed by atoms with van der Waals surface area (Å²) in [6.07, 6.45) is 0.665. The largest absolute Gasteiger partial charge is 0.507 e. The molecule has 0 unspecified atom stereocenters. The molecule has 7 nitrogen and oxygen atoms in total. The number of hydrogen-bond donors (Lipinski definition) is 1. The molecule has 32 heavy (non-hydrogen) atoms. The summed E-state index contributed by atoms with van der Waals surface area (Å²) < 4.78 is 20.5. The van der Waals surface area contributed by atoms with Gasteiger partial charge in [-0.05, 0) is 43.7 Å². The van der Waals surface area contributed by atoms with E-state index in [1.54, 1.807) is 31.2 Å². The van der Waals surface area contributed by atoms with Gasteiger partial charge in [0.15, 0.2) is 0 Å². The van der Waals surface area contributed by atoms with E-state index in [9.17, 15) is 19.1 Å². The molecule has 5 rings (SSSR count). The molecule has 9 heteroatoms. The molecule has 2 aliphatic heterocycles. The minimum atomic E-state index is -1.17. The number of ketones is 1. The number of aryl methyl sites for hydroxylation is 1. The number of Topliss-reactive ketones (excluding diaryl/α,β-unsaturated/α-hetero) is 1. The summed E-state index contributed by atoms with van der Waals surface area (Å²) in [5, 5.41) is 19.8. The Hall–Kier alpha value is -3.59. The molecule has 1 N–H and O–H groups in total. The van der Waals surface area contributed by atoms with Gasteiger partial charge >= 0.3 is 5.91 Å². The van der Waals surface area contributed by atoms with Crippen molar-refractivity contribution in [1.29, 1.82) is 0 Å². The normalized spacial score (nSPS) is 21.7. The second-order valence-corrected chi connectivity index (χ2v) is 8.91. The fraction of sp³-hybridized carbons (Fsp3) is 0.217. The monoisotopic (exact) mass is 451 g/mol. The minimum absolute atomic E-state index is 0.00651. The average Bonchev–Trinajstić information content (AvgIpc) is 3.43. The number of aliphatic hydroxyl groups excluding tert-OH is 1. The lowest BCUT2D eigenvalue weighted by atomic mass is 9.94. The second-order valence-electron chi connectivity index (χ2n) is 7.75. The van der Waals surface area contributed by atoms with Crippen molar-refractivity contribution in [2.45, 2.75) is 32.4 Å². The smallest absolute Gasteiger partial charge is 0.301 e. The summed E-state index contributed by atoms with van der Waals surface area (Å²) in [5.74, 6) is -2.07. The van der Waals surface area contributed by atoms with Gasteiger partial charge in [0.25, 0.3) is 5.78 Å². The maximum absolute atomic E-state index is 14.8. The molecule has 3 aromatic rings. The molecular formula is C23H18FN3O4S. The van der Waals surface area contributed by atoms with Gasteiger partial charge in [0, 0.05) is 17.5 Å². The summed E-state index contributed by atoms with van der Waals surface area (Å²) in [6.45, 7) is 3.65. The van der Waals surface area contributed by atoms with Crippen molar-refractivity contribution in [3.8, 4) is 5.75 Å². The Labute approximate surface area is 186 Å². The molecule has 1 amide bonds. The van der Waals surface area contributed by atoms with E-state index in [0.29, 0.717) is 22.7 Å².